The van der Waals surface area contributed by atoms with Crippen LogP contribution in [0.1, 0.15) is 6.92 Å². The number of hydrazone groups is 1. The van der Waals surface area contributed by atoms with E-state index in [4.69, 9.17) is 5.73 Å². The van der Waals surface area contributed by atoms with Gasteiger partial charge in [0.2, 0.25) is 6.17 Å². The highest BCUT2D eigenvalue weighted by molar-refractivity contribution is 6.17. The van der Waals surface area contributed by atoms with E-state index in [9.17, 15) is 9.18 Å². The first-order chi connectivity index (χ1) is 7.09. The van der Waals surface area contributed by atoms with Crippen LogP contribution in [0.2, 0.25) is 0 Å². The van der Waals surface area contributed by atoms with Crippen molar-refractivity contribution in [3.8, 4) is 0 Å². The fourth-order valence-electron chi connectivity index (χ4n) is 1.25. The van der Waals surface area contributed by atoms with Gasteiger partial charge >= 0.3 is 0 Å². The maximum atomic E-state index is 13.2. The van der Waals surface area contributed by atoms with Gasteiger partial charge in [-0.2, -0.15) is 10.1 Å². The van der Waals surface area contributed by atoms with Gasteiger partial charge in [0, 0.05) is 0 Å². The van der Waals surface area contributed by atoms with E-state index in [0.29, 0.717) is 11.5 Å². The number of carbonyl (C=O) groups excluding carboxylic acids is 1. The summed E-state index contributed by atoms with van der Waals surface area (Å²) in [6, 6.07) is 3.09. The molecule has 0 saturated carbocycles. The van der Waals surface area contributed by atoms with Gasteiger partial charge in [0.25, 0.3) is 5.91 Å². The van der Waals surface area contributed by atoms with Gasteiger partial charge in [0.05, 0.1) is 17.6 Å². The lowest BCUT2D eigenvalue weighted by molar-refractivity contribution is -0.120. The number of rotatable bonds is 1. The number of nitrogens with two attached hydrogens (primary N) is 1. The van der Waals surface area contributed by atoms with Crippen molar-refractivity contribution in [3.63, 3.8) is 0 Å². The summed E-state index contributed by atoms with van der Waals surface area (Å²) >= 11 is 0. The summed E-state index contributed by atoms with van der Waals surface area (Å²) in [6.45, 7) is 1.47. The third kappa shape index (κ3) is 1.54. The van der Waals surface area contributed by atoms with E-state index < -0.39 is 12.1 Å². The van der Waals surface area contributed by atoms with Crippen molar-refractivity contribution in [1.82, 2.24) is 4.98 Å². The van der Waals surface area contributed by atoms with Crippen LogP contribution in [0.15, 0.2) is 23.4 Å². The van der Waals surface area contributed by atoms with Gasteiger partial charge < -0.3 is 5.73 Å². The molecule has 0 spiro atoms. The molecule has 0 bridgehead atoms. The van der Waals surface area contributed by atoms with Crippen LogP contribution < -0.4 is 10.7 Å². The van der Waals surface area contributed by atoms with Crippen LogP contribution in [0, 0.1) is 0 Å². The van der Waals surface area contributed by atoms with Crippen LogP contribution in [0.5, 0.6) is 0 Å². The van der Waals surface area contributed by atoms with Gasteiger partial charge in [0.15, 0.2) is 0 Å². The van der Waals surface area contributed by atoms with Gasteiger partial charge in [-0.05, 0) is 19.1 Å². The minimum absolute atomic E-state index is 0.150. The number of amides is 1. The van der Waals surface area contributed by atoms with E-state index in [-0.39, 0.29) is 5.71 Å². The molecule has 2 N–H and O–H groups in total. The molecule has 0 saturated heterocycles. The van der Waals surface area contributed by atoms with Crippen molar-refractivity contribution in [1.29, 1.82) is 0 Å². The molecule has 1 aromatic rings. The third-order valence-corrected chi connectivity index (χ3v) is 2.07. The van der Waals surface area contributed by atoms with E-state index in [1.807, 2.05) is 0 Å². The zero-order valence-corrected chi connectivity index (χ0v) is 8.01. The Morgan fingerprint density at radius 1 is 1.53 bits per heavy atom. The standard InChI is InChI=1S/C9H9FN4O/c1-5-8(10)9(15)14(13-5)6-2-3-7(11)12-4-6/h2-4,8H,1H3,(H2,11,12)/t8-/m0/s1. The third-order valence-electron chi connectivity index (χ3n) is 2.07. The number of aromatic nitrogens is 1. The molecule has 0 unspecified atom stereocenters. The summed E-state index contributed by atoms with van der Waals surface area (Å²) in [6.07, 6.45) is -0.273. The second kappa shape index (κ2) is 3.30. The van der Waals surface area contributed by atoms with Crippen molar-refractivity contribution < 1.29 is 9.18 Å². The monoisotopic (exact) mass is 208 g/mol. The summed E-state index contributed by atoms with van der Waals surface area (Å²) in [7, 11) is 0. The van der Waals surface area contributed by atoms with Gasteiger partial charge in [-0.1, -0.05) is 0 Å². The fraction of sp³-hybridized carbons (Fsp3) is 0.222. The predicted octanol–water partition coefficient (Wildman–Crippen LogP) is 0.724. The normalized spacial score (nSPS) is 20.7. The highest BCUT2D eigenvalue weighted by atomic mass is 19.1. The van der Waals surface area contributed by atoms with Gasteiger partial charge in [-0.3, -0.25) is 4.79 Å². The molecule has 1 amide bonds. The summed E-state index contributed by atoms with van der Waals surface area (Å²) < 4.78 is 13.2. The molecule has 1 aliphatic heterocycles. The lowest BCUT2D eigenvalue weighted by atomic mass is 10.2. The second-order valence-electron chi connectivity index (χ2n) is 3.20. The summed E-state index contributed by atoms with van der Waals surface area (Å²) in [5.74, 6) is -0.359. The molecule has 78 valence electrons. The topological polar surface area (TPSA) is 71.6 Å². The molecule has 2 rings (SSSR count). The zero-order valence-electron chi connectivity index (χ0n) is 8.01. The smallest absolute Gasteiger partial charge is 0.287 e. The van der Waals surface area contributed by atoms with Crippen LogP contribution in [0.3, 0.4) is 0 Å². The molecule has 0 aromatic carbocycles. The number of hydrogen-bond acceptors (Lipinski definition) is 4. The maximum absolute atomic E-state index is 13.2. The van der Waals surface area contributed by atoms with E-state index >= 15 is 0 Å². The lowest BCUT2D eigenvalue weighted by Crippen LogP contribution is -2.28. The number of halogens is 1. The first-order valence-corrected chi connectivity index (χ1v) is 4.34. The molecule has 5 nitrogen and oxygen atoms in total. The van der Waals surface area contributed by atoms with Crippen LogP contribution in [-0.2, 0) is 4.79 Å². The summed E-state index contributed by atoms with van der Waals surface area (Å²) in [5.41, 5.74) is 5.95. The average molecular weight is 208 g/mol. The number of anilines is 2. The number of pyridine rings is 1. The Kier molecular flexibility index (Phi) is 2.11. The Labute approximate surface area is 85.4 Å². The Morgan fingerprint density at radius 2 is 2.27 bits per heavy atom. The molecule has 0 radical (unpaired) electrons. The second-order valence-corrected chi connectivity index (χ2v) is 3.20. The van der Waals surface area contributed by atoms with E-state index in [0.717, 1.165) is 5.01 Å². The largest absolute Gasteiger partial charge is 0.384 e. The number of alkyl halides is 1. The molecule has 1 atom stereocenters. The molecular formula is C9H9FN4O. The zero-order chi connectivity index (χ0) is 11.0. The number of nitrogens with zero attached hydrogens (tertiary/aromatic N) is 3. The minimum Gasteiger partial charge on any atom is -0.384 e. The van der Waals surface area contributed by atoms with Crippen LogP contribution in [0.4, 0.5) is 15.9 Å². The molecule has 1 aromatic heterocycles. The van der Waals surface area contributed by atoms with Crippen molar-refractivity contribution in [2.75, 3.05) is 10.7 Å². The first-order valence-electron chi connectivity index (χ1n) is 4.34. The molecule has 2 heterocycles. The molecular weight excluding hydrogens is 199 g/mol. The predicted molar refractivity (Wildman–Crippen MR) is 54.1 cm³/mol. The van der Waals surface area contributed by atoms with Gasteiger partial charge in [-0.15, -0.1) is 0 Å². The van der Waals surface area contributed by atoms with Crippen molar-refractivity contribution in [3.05, 3.63) is 18.3 Å². The van der Waals surface area contributed by atoms with Crippen LogP contribution in [-0.4, -0.2) is 22.8 Å². The number of hydrogen-bond donors (Lipinski definition) is 1. The fourth-order valence-corrected chi connectivity index (χ4v) is 1.25. The van der Waals surface area contributed by atoms with Crippen LogP contribution >= 0.6 is 0 Å². The molecule has 6 heteroatoms. The molecule has 15 heavy (non-hydrogen) atoms. The first kappa shape index (κ1) is 9.57. The van der Waals surface area contributed by atoms with E-state index in [1.54, 1.807) is 6.07 Å². The Bertz CT molecular complexity index is 428. The van der Waals surface area contributed by atoms with Crippen LogP contribution in [0.25, 0.3) is 0 Å². The quantitative estimate of drug-likeness (QED) is 0.739. The molecule has 0 aliphatic carbocycles. The van der Waals surface area contributed by atoms with Gasteiger partial charge in [-0.25, -0.2) is 9.37 Å². The Hall–Kier alpha value is -1.98. The average Bonchev–Trinajstić information content (AvgIpc) is 2.47. The minimum atomic E-state index is -1.65. The van der Waals surface area contributed by atoms with Crippen molar-refractivity contribution >= 4 is 23.1 Å². The highest BCUT2D eigenvalue weighted by Gasteiger charge is 2.34. The van der Waals surface area contributed by atoms with Crippen molar-refractivity contribution in [2.24, 2.45) is 5.10 Å². The SMILES string of the molecule is CC1=NN(c2ccc(N)nc2)C(=O)[C@H]1F. The van der Waals surface area contributed by atoms with Crippen molar-refractivity contribution in [2.45, 2.75) is 13.1 Å². The maximum Gasteiger partial charge on any atom is 0.287 e. The molecule has 1 aliphatic rings. The molecule has 0 fully saturated rings. The Balaban J connectivity index is 2.33. The number of nitrogen functional groups attached to an aromatic ring is 1. The highest BCUT2D eigenvalue weighted by Crippen LogP contribution is 2.21. The van der Waals surface area contributed by atoms with E-state index in [2.05, 4.69) is 10.1 Å². The summed E-state index contributed by atoms with van der Waals surface area (Å²) in [5, 5.41) is 4.79. The lowest BCUT2D eigenvalue weighted by Gasteiger charge is -2.10. The van der Waals surface area contributed by atoms with Gasteiger partial charge in [0.1, 0.15) is 5.82 Å². The van der Waals surface area contributed by atoms with E-state index in [1.165, 1.54) is 19.2 Å². The summed E-state index contributed by atoms with van der Waals surface area (Å²) in [4.78, 5) is 15.2. The number of carbonyl (C=O) groups is 1. The Morgan fingerprint density at radius 3 is 2.73 bits per heavy atom.